The first-order valence-electron chi connectivity index (χ1n) is 4.11. The van der Waals surface area contributed by atoms with Gasteiger partial charge in [-0.15, -0.1) is 22.9 Å². The van der Waals surface area contributed by atoms with Gasteiger partial charge in [0.05, 0.1) is 16.0 Å². The van der Waals surface area contributed by atoms with Crippen LogP contribution in [0.1, 0.15) is 21.6 Å². The van der Waals surface area contributed by atoms with E-state index in [-0.39, 0.29) is 5.38 Å². The standard InChI is InChI=1S/C10H8Cl2OS/c1-6-4-7(5-13-6)10(12)8-2-3-9(11)14-8/h2-5,10H,1H3. The fraction of sp³-hybridized carbons (Fsp3) is 0.200. The molecule has 0 bridgehead atoms. The summed E-state index contributed by atoms with van der Waals surface area (Å²) < 4.78 is 5.96. The Balaban J connectivity index is 2.28. The number of alkyl halides is 1. The van der Waals surface area contributed by atoms with Crippen LogP contribution in [0.5, 0.6) is 0 Å². The lowest BCUT2D eigenvalue weighted by atomic mass is 10.2. The topological polar surface area (TPSA) is 13.1 Å². The minimum Gasteiger partial charge on any atom is -0.469 e. The SMILES string of the molecule is Cc1cc(C(Cl)c2ccc(Cl)s2)co1. The van der Waals surface area contributed by atoms with Gasteiger partial charge in [0.2, 0.25) is 0 Å². The van der Waals surface area contributed by atoms with Crippen LogP contribution in [-0.4, -0.2) is 0 Å². The minimum atomic E-state index is -0.162. The highest BCUT2D eigenvalue weighted by Crippen LogP contribution is 2.35. The van der Waals surface area contributed by atoms with Gasteiger partial charge in [0.15, 0.2) is 0 Å². The van der Waals surface area contributed by atoms with E-state index < -0.39 is 0 Å². The quantitative estimate of drug-likeness (QED) is 0.705. The second kappa shape index (κ2) is 3.97. The highest BCUT2D eigenvalue weighted by molar-refractivity contribution is 7.16. The Kier molecular flexibility index (Phi) is 2.86. The third-order valence-corrected chi connectivity index (χ3v) is 3.80. The number of aryl methyl sites for hydroxylation is 1. The Hall–Kier alpha value is -0.440. The molecular weight excluding hydrogens is 239 g/mol. The van der Waals surface area contributed by atoms with Gasteiger partial charge in [0.25, 0.3) is 0 Å². The number of halogens is 2. The Labute approximate surface area is 96.3 Å². The van der Waals surface area contributed by atoms with Gasteiger partial charge in [0, 0.05) is 10.4 Å². The van der Waals surface area contributed by atoms with Gasteiger partial charge in [-0.3, -0.25) is 0 Å². The van der Waals surface area contributed by atoms with E-state index in [9.17, 15) is 0 Å². The van der Waals surface area contributed by atoms with E-state index in [1.165, 1.54) is 11.3 Å². The molecule has 0 aliphatic heterocycles. The molecule has 2 aromatic rings. The van der Waals surface area contributed by atoms with Crippen molar-refractivity contribution >= 4 is 34.5 Å². The van der Waals surface area contributed by atoms with Gasteiger partial charge >= 0.3 is 0 Å². The number of hydrogen-bond acceptors (Lipinski definition) is 2. The van der Waals surface area contributed by atoms with Crippen LogP contribution < -0.4 is 0 Å². The van der Waals surface area contributed by atoms with Crippen molar-refractivity contribution in [2.24, 2.45) is 0 Å². The molecule has 1 unspecified atom stereocenters. The first-order valence-corrected chi connectivity index (χ1v) is 5.74. The largest absolute Gasteiger partial charge is 0.469 e. The van der Waals surface area contributed by atoms with Crippen LogP contribution in [0.4, 0.5) is 0 Å². The lowest BCUT2D eigenvalue weighted by Crippen LogP contribution is -1.85. The van der Waals surface area contributed by atoms with Crippen molar-refractivity contribution in [2.45, 2.75) is 12.3 Å². The van der Waals surface area contributed by atoms with Crippen LogP contribution in [0.3, 0.4) is 0 Å². The van der Waals surface area contributed by atoms with Crippen molar-refractivity contribution in [3.05, 3.63) is 45.0 Å². The van der Waals surface area contributed by atoms with Crippen LogP contribution in [0.25, 0.3) is 0 Å². The van der Waals surface area contributed by atoms with Gasteiger partial charge in [-0.2, -0.15) is 0 Å². The zero-order valence-electron chi connectivity index (χ0n) is 7.46. The van der Waals surface area contributed by atoms with Gasteiger partial charge in [0.1, 0.15) is 5.76 Å². The molecule has 0 saturated carbocycles. The molecule has 0 radical (unpaired) electrons. The van der Waals surface area contributed by atoms with Gasteiger partial charge in [-0.05, 0) is 25.1 Å². The normalized spacial score (nSPS) is 13.1. The number of furan rings is 1. The van der Waals surface area contributed by atoms with E-state index in [1.807, 2.05) is 25.1 Å². The van der Waals surface area contributed by atoms with Crippen LogP contribution >= 0.6 is 34.5 Å². The summed E-state index contributed by atoms with van der Waals surface area (Å²) in [5.41, 5.74) is 0.975. The first kappa shape index (κ1) is 10.1. The summed E-state index contributed by atoms with van der Waals surface area (Å²) in [4.78, 5) is 1.04. The molecule has 2 heterocycles. The molecule has 0 fully saturated rings. The van der Waals surface area contributed by atoms with Crippen molar-refractivity contribution in [2.75, 3.05) is 0 Å². The highest BCUT2D eigenvalue weighted by atomic mass is 35.5. The molecule has 0 aromatic carbocycles. The third-order valence-electron chi connectivity index (χ3n) is 1.89. The van der Waals surface area contributed by atoms with E-state index in [0.29, 0.717) is 0 Å². The van der Waals surface area contributed by atoms with Crippen LogP contribution in [0, 0.1) is 6.92 Å². The number of thiophene rings is 1. The zero-order chi connectivity index (χ0) is 10.1. The molecule has 2 rings (SSSR count). The van der Waals surface area contributed by atoms with Crippen molar-refractivity contribution in [3.63, 3.8) is 0 Å². The van der Waals surface area contributed by atoms with Crippen molar-refractivity contribution < 1.29 is 4.42 Å². The molecule has 1 nitrogen and oxygen atoms in total. The van der Waals surface area contributed by atoms with E-state index in [4.69, 9.17) is 27.6 Å². The molecule has 0 aliphatic carbocycles. The maximum absolute atomic E-state index is 6.25. The zero-order valence-corrected chi connectivity index (χ0v) is 9.79. The Bertz CT molecular complexity index is 393. The second-order valence-electron chi connectivity index (χ2n) is 3.00. The number of hydrogen-bond donors (Lipinski definition) is 0. The predicted molar refractivity (Wildman–Crippen MR) is 60.5 cm³/mol. The smallest absolute Gasteiger partial charge is 0.101 e. The van der Waals surface area contributed by atoms with Crippen molar-refractivity contribution in [1.29, 1.82) is 0 Å². The lowest BCUT2D eigenvalue weighted by Gasteiger charge is -2.01. The summed E-state index contributed by atoms with van der Waals surface area (Å²) in [5.74, 6) is 0.869. The fourth-order valence-corrected chi connectivity index (χ4v) is 2.61. The molecule has 0 saturated heterocycles. The summed E-state index contributed by atoms with van der Waals surface area (Å²) in [7, 11) is 0. The second-order valence-corrected chi connectivity index (χ2v) is 5.18. The van der Waals surface area contributed by atoms with E-state index in [1.54, 1.807) is 6.26 Å². The van der Waals surface area contributed by atoms with E-state index >= 15 is 0 Å². The summed E-state index contributed by atoms with van der Waals surface area (Å²) in [5, 5.41) is -0.162. The lowest BCUT2D eigenvalue weighted by molar-refractivity contribution is 0.532. The molecule has 14 heavy (non-hydrogen) atoms. The minimum absolute atomic E-state index is 0.162. The molecule has 1 atom stereocenters. The first-order chi connectivity index (χ1) is 6.66. The maximum atomic E-state index is 6.25. The molecular formula is C10H8Cl2OS. The Morgan fingerprint density at radius 2 is 2.21 bits per heavy atom. The average molecular weight is 247 g/mol. The van der Waals surface area contributed by atoms with Gasteiger partial charge in [-0.1, -0.05) is 11.6 Å². The molecule has 0 aliphatic rings. The van der Waals surface area contributed by atoms with Gasteiger partial charge in [-0.25, -0.2) is 0 Å². The Morgan fingerprint density at radius 3 is 2.71 bits per heavy atom. The molecule has 0 spiro atoms. The highest BCUT2D eigenvalue weighted by Gasteiger charge is 2.14. The van der Waals surface area contributed by atoms with E-state index in [2.05, 4.69) is 0 Å². The monoisotopic (exact) mass is 246 g/mol. The van der Waals surface area contributed by atoms with Crippen molar-refractivity contribution in [3.8, 4) is 0 Å². The van der Waals surface area contributed by atoms with Gasteiger partial charge < -0.3 is 4.42 Å². The maximum Gasteiger partial charge on any atom is 0.101 e. The van der Waals surface area contributed by atoms with Crippen LogP contribution in [0.2, 0.25) is 4.34 Å². The average Bonchev–Trinajstić information content (AvgIpc) is 2.73. The summed E-state index contributed by atoms with van der Waals surface area (Å²) >= 11 is 13.6. The molecule has 74 valence electrons. The predicted octanol–water partition coefficient (Wildman–Crippen LogP) is 4.63. The molecule has 0 amide bonds. The third kappa shape index (κ3) is 1.97. The van der Waals surface area contributed by atoms with Crippen LogP contribution in [-0.2, 0) is 0 Å². The molecule has 2 aromatic heterocycles. The number of rotatable bonds is 2. The summed E-state index contributed by atoms with van der Waals surface area (Å²) in [6.45, 7) is 1.90. The molecule has 4 heteroatoms. The van der Waals surface area contributed by atoms with E-state index in [0.717, 1.165) is 20.5 Å². The Morgan fingerprint density at radius 1 is 1.43 bits per heavy atom. The van der Waals surface area contributed by atoms with Crippen LogP contribution in [0.15, 0.2) is 28.9 Å². The summed E-state index contributed by atoms with van der Waals surface area (Å²) in [6.07, 6.45) is 1.68. The summed E-state index contributed by atoms with van der Waals surface area (Å²) in [6, 6.07) is 5.72. The fourth-order valence-electron chi connectivity index (χ4n) is 1.23. The van der Waals surface area contributed by atoms with Crippen molar-refractivity contribution in [1.82, 2.24) is 0 Å². The molecule has 0 N–H and O–H groups in total.